The van der Waals surface area contributed by atoms with Gasteiger partial charge in [-0.05, 0) is 24.3 Å². The van der Waals surface area contributed by atoms with Crippen molar-refractivity contribution < 1.29 is 8.42 Å². The molecule has 2 rings (SSSR count). The molecule has 0 bridgehead atoms. The maximum atomic E-state index is 11.7. The van der Waals surface area contributed by atoms with E-state index in [0.717, 1.165) is 15.7 Å². The third-order valence-electron chi connectivity index (χ3n) is 2.99. The number of nitrogens with one attached hydrogen (secondary N) is 1. The Balaban J connectivity index is 2.16. The molecule has 0 aliphatic heterocycles. The van der Waals surface area contributed by atoms with Crippen LogP contribution in [0, 0.1) is 0 Å². The molecule has 0 saturated carbocycles. The lowest BCUT2D eigenvalue weighted by atomic mass is 10.3. The fourth-order valence-corrected chi connectivity index (χ4v) is 2.24. The van der Waals surface area contributed by atoms with Crippen LogP contribution in [-0.4, -0.2) is 38.9 Å². The number of hydrogen-bond acceptors (Lipinski definition) is 4. The van der Waals surface area contributed by atoms with E-state index in [2.05, 4.69) is 9.71 Å². The number of rotatable bonds is 5. The summed E-state index contributed by atoms with van der Waals surface area (Å²) in [6.45, 7) is 0. The van der Waals surface area contributed by atoms with Crippen molar-refractivity contribution in [3.05, 3.63) is 48.7 Å². The van der Waals surface area contributed by atoms with E-state index in [1.165, 1.54) is 14.1 Å². The number of anilines is 3. The Morgan fingerprint density at radius 3 is 2.14 bits per heavy atom. The van der Waals surface area contributed by atoms with E-state index in [0.29, 0.717) is 0 Å². The maximum absolute atomic E-state index is 11.7. The first kappa shape index (κ1) is 15.3. The highest BCUT2D eigenvalue weighted by atomic mass is 32.2. The van der Waals surface area contributed by atoms with Crippen LogP contribution in [0.25, 0.3) is 0 Å². The SMILES string of the molecule is CN(c1ccccc1)c1ccc(NS(=O)(=O)N(C)C)nc1. The fraction of sp³-hybridized carbons (Fsp3) is 0.214. The summed E-state index contributed by atoms with van der Waals surface area (Å²) < 4.78 is 26.9. The number of para-hydroxylation sites is 1. The Morgan fingerprint density at radius 2 is 1.62 bits per heavy atom. The van der Waals surface area contributed by atoms with Gasteiger partial charge in [0, 0.05) is 26.8 Å². The summed E-state index contributed by atoms with van der Waals surface area (Å²) in [5, 5.41) is 0. The summed E-state index contributed by atoms with van der Waals surface area (Å²) in [4.78, 5) is 6.10. The summed E-state index contributed by atoms with van der Waals surface area (Å²) in [5.41, 5.74) is 1.90. The zero-order chi connectivity index (χ0) is 15.5. The lowest BCUT2D eigenvalue weighted by Gasteiger charge is -2.19. The molecule has 0 spiro atoms. The molecular weight excluding hydrogens is 288 g/mol. The number of hydrogen-bond donors (Lipinski definition) is 1. The van der Waals surface area contributed by atoms with E-state index < -0.39 is 10.2 Å². The Labute approximate surface area is 125 Å². The predicted octanol–water partition coefficient (Wildman–Crippen LogP) is 2.07. The van der Waals surface area contributed by atoms with Crippen LogP contribution in [0.4, 0.5) is 17.2 Å². The van der Waals surface area contributed by atoms with Gasteiger partial charge in [-0.1, -0.05) is 18.2 Å². The lowest BCUT2D eigenvalue weighted by Crippen LogP contribution is -2.29. The molecule has 0 aliphatic carbocycles. The molecule has 0 amide bonds. The molecule has 0 unspecified atom stereocenters. The number of benzene rings is 1. The molecule has 1 heterocycles. The van der Waals surface area contributed by atoms with Crippen molar-refractivity contribution >= 4 is 27.4 Å². The van der Waals surface area contributed by atoms with Gasteiger partial charge in [0.25, 0.3) is 0 Å². The minimum absolute atomic E-state index is 0.286. The van der Waals surface area contributed by atoms with Gasteiger partial charge < -0.3 is 4.90 Å². The van der Waals surface area contributed by atoms with Gasteiger partial charge in [-0.2, -0.15) is 12.7 Å². The second kappa shape index (κ2) is 6.11. The van der Waals surface area contributed by atoms with Crippen molar-refractivity contribution in [3.63, 3.8) is 0 Å². The van der Waals surface area contributed by atoms with Gasteiger partial charge in [-0.3, -0.25) is 4.72 Å². The van der Waals surface area contributed by atoms with Gasteiger partial charge in [0.05, 0.1) is 11.9 Å². The van der Waals surface area contributed by atoms with Gasteiger partial charge in [0.2, 0.25) is 0 Å². The predicted molar refractivity (Wildman–Crippen MR) is 85.0 cm³/mol. The molecular formula is C14H18N4O2S. The van der Waals surface area contributed by atoms with Crippen LogP contribution in [0.5, 0.6) is 0 Å². The summed E-state index contributed by atoms with van der Waals surface area (Å²) in [7, 11) is 1.31. The number of pyridine rings is 1. The van der Waals surface area contributed by atoms with Crippen LogP contribution < -0.4 is 9.62 Å². The topological polar surface area (TPSA) is 65.5 Å². The van der Waals surface area contributed by atoms with Crippen LogP contribution >= 0.6 is 0 Å². The van der Waals surface area contributed by atoms with Gasteiger partial charge in [-0.15, -0.1) is 0 Å². The minimum atomic E-state index is -3.53. The van der Waals surface area contributed by atoms with Crippen LogP contribution in [0.1, 0.15) is 0 Å². The van der Waals surface area contributed by atoms with Crippen molar-refractivity contribution in [1.82, 2.24) is 9.29 Å². The highest BCUT2D eigenvalue weighted by molar-refractivity contribution is 7.90. The van der Waals surface area contributed by atoms with Crippen LogP contribution in [0.2, 0.25) is 0 Å². The van der Waals surface area contributed by atoms with Gasteiger partial charge in [-0.25, -0.2) is 4.98 Å². The first-order chi connectivity index (χ1) is 9.90. The molecule has 2 aromatic rings. The van der Waals surface area contributed by atoms with E-state index >= 15 is 0 Å². The second-order valence-electron chi connectivity index (χ2n) is 4.69. The zero-order valence-electron chi connectivity index (χ0n) is 12.2. The number of aromatic nitrogens is 1. The smallest absolute Gasteiger partial charge is 0.302 e. The Bertz CT molecular complexity index is 685. The first-order valence-electron chi connectivity index (χ1n) is 6.35. The maximum Gasteiger partial charge on any atom is 0.302 e. The quantitative estimate of drug-likeness (QED) is 0.918. The molecule has 0 saturated heterocycles. The van der Waals surface area contributed by atoms with E-state index in [1.54, 1.807) is 12.3 Å². The van der Waals surface area contributed by atoms with Gasteiger partial charge in [0.15, 0.2) is 0 Å². The minimum Gasteiger partial charge on any atom is -0.343 e. The summed E-state index contributed by atoms with van der Waals surface area (Å²) in [5.74, 6) is 0.286. The Morgan fingerprint density at radius 1 is 0.952 bits per heavy atom. The van der Waals surface area contributed by atoms with Crippen LogP contribution in [-0.2, 0) is 10.2 Å². The normalized spacial score (nSPS) is 11.4. The van der Waals surface area contributed by atoms with Gasteiger partial charge >= 0.3 is 10.2 Å². The fourth-order valence-electron chi connectivity index (χ4n) is 1.67. The van der Waals surface area contributed by atoms with E-state index in [9.17, 15) is 8.42 Å². The van der Waals surface area contributed by atoms with Crippen molar-refractivity contribution in [2.45, 2.75) is 0 Å². The molecule has 0 aliphatic rings. The van der Waals surface area contributed by atoms with Gasteiger partial charge in [0.1, 0.15) is 5.82 Å². The average Bonchev–Trinajstić information content (AvgIpc) is 2.48. The third-order valence-corrected chi connectivity index (χ3v) is 4.42. The van der Waals surface area contributed by atoms with E-state index in [-0.39, 0.29) is 5.82 Å². The highest BCUT2D eigenvalue weighted by Crippen LogP contribution is 2.23. The largest absolute Gasteiger partial charge is 0.343 e. The molecule has 1 aromatic carbocycles. The summed E-state index contributed by atoms with van der Waals surface area (Å²) >= 11 is 0. The molecule has 7 heteroatoms. The standard InChI is InChI=1S/C14H18N4O2S/c1-17(2)21(19,20)16-14-10-9-13(11-15-14)18(3)12-7-5-4-6-8-12/h4-11H,1-3H3,(H,15,16). The molecule has 21 heavy (non-hydrogen) atoms. The number of nitrogens with zero attached hydrogens (tertiary/aromatic N) is 3. The van der Waals surface area contributed by atoms with E-state index in [1.807, 2.05) is 48.3 Å². The van der Waals surface area contributed by atoms with Crippen LogP contribution in [0.3, 0.4) is 0 Å². The molecule has 1 N–H and O–H groups in total. The molecule has 6 nitrogen and oxygen atoms in total. The summed E-state index contributed by atoms with van der Waals surface area (Å²) in [6, 6.07) is 13.3. The van der Waals surface area contributed by atoms with Crippen molar-refractivity contribution in [2.24, 2.45) is 0 Å². The highest BCUT2D eigenvalue weighted by Gasteiger charge is 2.13. The lowest BCUT2D eigenvalue weighted by molar-refractivity contribution is 0.526. The summed E-state index contributed by atoms with van der Waals surface area (Å²) in [6.07, 6.45) is 1.63. The van der Waals surface area contributed by atoms with Crippen molar-refractivity contribution in [1.29, 1.82) is 0 Å². The Kier molecular flexibility index (Phi) is 4.44. The molecule has 0 atom stereocenters. The zero-order valence-corrected chi connectivity index (χ0v) is 13.0. The Hall–Kier alpha value is -2.12. The first-order valence-corrected chi connectivity index (χ1v) is 7.79. The molecule has 1 aromatic heterocycles. The monoisotopic (exact) mass is 306 g/mol. The molecule has 0 fully saturated rings. The van der Waals surface area contributed by atoms with Crippen molar-refractivity contribution in [3.8, 4) is 0 Å². The van der Waals surface area contributed by atoms with Crippen LogP contribution in [0.15, 0.2) is 48.7 Å². The third kappa shape index (κ3) is 3.71. The molecule has 112 valence electrons. The van der Waals surface area contributed by atoms with E-state index in [4.69, 9.17) is 0 Å². The molecule has 0 radical (unpaired) electrons. The second-order valence-corrected chi connectivity index (χ2v) is 6.57. The average molecular weight is 306 g/mol. The van der Waals surface area contributed by atoms with Crippen molar-refractivity contribution in [2.75, 3.05) is 30.8 Å².